The Bertz CT molecular complexity index is 307. The Morgan fingerprint density at radius 1 is 1.22 bits per heavy atom. The highest BCUT2D eigenvalue weighted by molar-refractivity contribution is 5.82. The number of ether oxygens (including phenoxy) is 1. The van der Waals surface area contributed by atoms with Gasteiger partial charge in [-0.3, -0.25) is 4.79 Å². The van der Waals surface area contributed by atoms with Crippen molar-refractivity contribution in [3.63, 3.8) is 0 Å². The quantitative estimate of drug-likeness (QED) is 0.843. The van der Waals surface area contributed by atoms with Crippen LogP contribution in [-0.2, 0) is 9.53 Å². The maximum Gasteiger partial charge on any atom is 0.407 e. The zero-order chi connectivity index (χ0) is 13.8. The molecule has 0 aromatic carbocycles. The molecule has 104 valence electrons. The molecular formula is C14H25NO3. The van der Waals surface area contributed by atoms with Crippen molar-refractivity contribution in [3.05, 3.63) is 0 Å². The third kappa shape index (κ3) is 4.67. The molecule has 0 heterocycles. The maximum absolute atomic E-state index is 11.9. The molecule has 1 saturated carbocycles. The second-order valence-corrected chi connectivity index (χ2v) is 5.96. The first-order valence-electron chi connectivity index (χ1n) is 6.85. The summed E-state index contributed by atoms with van der Waals surface area (Å²) < 4.78 is 5.24. The Morgan fingerprint density at radius 2 is 1.83 bits per heavy atom. The molecule has 18 heavy (non-hydrogen) atoms. The molecule has 0 aromatic heterocycles. The highest BCUT2D eigenvalue weighted by Gasteiger charge is 2.31. The van der Waals surface area contributed by atoms with Crippen LogP contribution >= 0.6 is 0 Å². The molecule has 1 fully saturated rings. The van der Waals surface area contributed by atoms with E-state index in [4.69, 9.17) is 4.74 Å². The van der Waals surface area contributed by atoms with Gasteiger partial charge < -0.3 is 10.1 Å². The van der Waals surface area contributed by atoms with E-state index in [1.807, 2.05) is 27.7 Å². The third-order valence-corrected chi connectivity index (χ3v) is 3.23. The van der Waals surface area contributed by atoms with E-state index in [0.717, 1.165) is 25.7 Å². The molecule has 2 atom stereocenters. The first kappa shape index (κ1) is 15.0. The number of hydrogen-bond acceptors (Lipinski definition) is 3. The molecule has 0 aliphatic heterocycles. The topological polar surface area (TPSA) is 55.4 Å². The average molecular weight is 255 g/mol. The van der Waals surface area contributed by atoms with Crippen molar-refractivity contribution in [2.75, 3.05) is 0 Å². The molecule has 2 unspecified atom stereocenters. The zero-order valence-corrected chi connectivity index (χ0v) is 11.9. The summed E-state index contributed by atoms with van der Waals surface area (Å²) in [4.78, 5) is 23.6. The third-order valence-electron chi connectivity index (χ3n) is 3.23. The van der Waals surface area contributed by atoms with Gasteiger partial charge in [-0.05, 0) is 33.6 Å². The molecule has 0 spiro atoms. The molecule has 4 heteroatoms. The van der Waals surface area contributed by atoms with Crippen LogP contribution in [0.25, 0.3) is 0 Å². The summed E-state index contributed by atoms with van der Waals surface area (Å²) in [5, 5.41) is 2.86. The molecule has 1 aliphatic rings. The van der Waals surface area contributed by atoms with Gasteiger partial charge in [-0.25, -0.2) is 4.79 Å². The minimum absolute atomic E-state index is 0.0312. The number of alkyl carbamates (subject to hydrolysis) is 1. The van der Waals surface area contributed by atoms with Gasteiger partial charge in [0.1, 0.15) is 11.4 Å². The largest absolute Gasteiger partial charge is 0.444 e. The number of ketones is 1. The molecule has 1 N–H and O–H groups in total. The summed E-state index contributed by atoms with van der Waals surface area (Å²) >= 11 is 0. The fraction of sp³-hybridized carbons (Fsp3) is 0.857. The summed E-state index contributed by atoms with van der Waals surface area (Å²) in [6.07, 6.45) is 4.01. The molecule has 0 saturated heterocycles. The van der Waals surface area contributed by atoms with E-state index in [-0.39, 0.29) is 17.7 Å². The molecule has 1 amide bonds. The standard InChI is InChI=1S/C14H25NO3/c1-5-12(16)10-8-6-7-9-11(10)15-13(17)18-14(2,3)4/h10-11H,5-9H2,1-4H3,(H,15,17). The lowest BCUT2D eigenvalue weighted by Crippen LogP contribution is -2.46. The van der Waals surface area contributed by atoms with Crippen molar-refractivity contribution in [3.8, 4) is 0 Å². The molecule has 1 aliphatic carbocycles. The number of rotatable bonds is 3. The highest BCUT2D eigenvalue weighted by atomic mass is 16.6. The number of hydrogen-bond donors (Lipinski definition) is 1. The van der Waals surface area contributed by atoms with E-state index in [0.29, 0.717) is 6.42 Å². The van der Waals surface area contributed by atoms with Crippen LogP contribution in [0.1, 0.15) is 59.8 Å². The normalized spacial score (nSPS) is 24.4. The van der Waals surface area contributed by atoms with Crippen molar-refractivity contribution in [1.29, 1.82) is 0 Å². The van der Waals surface area contributed by atoms with Crippen LogP contribution < -0.4 is 5.32 Å². The van der Waals surface area contributed by atoms with Crippen molar-refractivity contribution >= 4 is 11.9 Å². The van der Waals surface area contributed by atoms with Gasteiger partial charge in [0.05, 0.1) is 0 Å². The lowest BCUT2D eigenvalue weighted by atomic mass is 9.81. The molecule has 1 rings (SSSR count). The van der Waals surface area contributed by atoms with Gasteiger partial charge in [0, 0.05) is 18.4 Å². The number of Topliss-reactive ketones (excluding diaryl/α,β-unsaturated/α-hetero) is 1. The summed E-state index contributed by atoms with van der Waals surface area (Å²) in [5.41, 5.74) is -0.497. The molecule has 4 nitrogen and oxygen atoms in total. The summed E-state index contributed by atoms with van der Waals surface area (Å²) in [5.74, 6) is 0.215. The zero-order valence-electron chi connectivity index (χ0n) is 11.9. The monoisotopic (exact) mass is 255 g/mol. The Labute approximate surface area is 109 Å². The van der Waals surface area contributed by atoms with Crippen molar-refractivity contribution < 1.29 is 14.3 Å². The van der Waals surface area contributed by atoms with Crippen LogP contribution in [0.4, 0.5) is 4.79 Å². The van der Waals surface area contributed by atoms with E-state index in [1.54, 1.807) is 0 Å². The van der Waals surface area contributed by atoms with E-state index < -0.39 is 11.7 Å². The van der Waals surface area contributed by atoms with Crippen molar-refractivity contribution in [1.82, 2.24) is 5.32 Å². The number of carbonyl (C=O) groups is 2. The highest BCUT2D eigenvalue weighted by Crippen LogP contribution is 2.26. The minimum atomic E-state index is -0.497. The van der Waals surface area contributed by atoms with Gasteiger partial charge >= 0.3 is 6.09 Å². The smallest absolute Gasteiger partial charge is 0.407 e. The number of amides is 1. The van der Waals surface area contributed by atoms with Crippen LogP contribution in [0.3, 0.4) is 0 Å². The van der Waals surface area contributed by atoms with E-state index >= 15 is 0 Å². The Kier molecular flexibility index (Phi) is 5.17. The SMILES string of the molecule is CCC(=O)C1CCCCC1NC(=O)OC(C)(C)C. The fourth-order valence-corrected chi connectivity index (χ4v) is 2.41. The van der Waals surface area contributed by atoms with Gasteiger partial charge in [-0.15, -0.1) is 0 Å². The van der Waals surface area contributed by atoms with Crippen LogP contribution in [0, 0.1) is 5.92 Å². The summed E-state index contributed by atoms with van der Waals surface area (Å²) in [6.45, 7) is 7.38. The lowest BCUT2D eigenvalue weighted by Gasteiger charge is -2.31. The predicted molar refractivity (Wildman–Crippen MR) is 70.4 cm³/mol. The summed E-state index contributed by atoms with van der Waals surface area (Å²) in [7, 11) is 0. The van der Waals surface area contributed by atoms with E-state index in [1.165, 1.54) is 0 Å². The average Bonchev–Trinajstić information content (AvgIpc) is 2.26. The first-order chi connectivity index (χ1) is 8.33. The molecule has 0 bridgehead atoms. The molecule has 0 aromatic rings. The van der Waals surface area contributed by atoms with Gasteiger partial charge in [0.15, 0.2) is 0 Å². The van der Waals surface area contributed by atoms with Crippen molar-refractivity contribution in [2.45, 2.75) is 71.4 Å². The van der Waals surface area contributed by atoms with Crippen LogP contribution in [0.2, 0.25) is 0 Å². The number of nitrogens with one attached hydrogen (secondary N) is 1. The first-order valence-corrected chi connectivity index (χ1v) is 6.85. The molecular weight excluding hydrogens is 230 g/mol. The Balaban J connectivity index is 2.57. The Hall–Kier alpha value is -1.06. The van der Waals surface area contributed by atoms with Gasteiger partial charge in [-0.1, -0.05) is 19.8 Å². The fourth-order valence-electron chi connectivity index (χ4n) is 2.41. The van der Waals surface area contributed by atoms with Crippen LogP contribution in [0.5, 0.6) is 0 Å². The number of carbonyl (C=O) groups excluding carboxylic acids is 2. The molecule has 0 radical (unpaired) electrons. The second kappa shape index (κ2) is 6.21. The second-order valence-electron chi connectivity index (χ2n) is 5.96. The Morgan fingerprint density at radius 3 is 2.39 bits per heavy atom. The van der Waals surface area contributed by atoms with Gasteiger partial charge in [-0.2, -0.15) is 0 Å². The lowest BCUT2D eigenvalue weighted by molar-refractivity contribution is -0.124. The maximum atomic E-state index is 11.9. The van der Waals surface area contributed by atoms with Crippen molar-refractivity contribution in [2.24, 2.45) is 5.92 Å². The van der Waals surface area contributed by atoms with E-state index in [9.17, 15) is 9.59 Å². The van der Waals surface area contributed by atoms with Gasteiger partial charge in [0.25, 0.3) is 0 Å². The minimum Gasteiger partial charge on any atom is -0.444 e. The van der Waals surface area contributed by atoms with Crippen LogP contribution in [0.15, 0.2) is 0 Å². The summed E-state index contributed by atoms with van der Waals surface area (Å²) in [6, 6.07) is -0.0546. The van der Waals surface area contributed by atoms with E-state index in [2.05, 4.69) is 5.32 Å². The van der Waals surface area contributed by atoms with Crippen LogP contribution in [-0.4, -0.2) is 23.5 Å². The predicted octanol–water partition coefficient (Wildman–Crippen LogP) is 3.05. The van der Waals surface area contributed by atoms with Gasteiger partial charge in [0.2, 0.25) is 0 Å².